The molecule has 0 saturated carbocycles. The second-order valence-electron chi connectivity index (χ2n) is 8.62. The van der Waals surface area contributed by atoms with Crippen molar-refractivity contribution in [3.8, 4) is 0 Å². The molecule has 2 fully saturated rings. The molecular weight excluding hydrogens is 523 g/mol. The molecule has 1 amide bonds. The molecular formula is C26H24Cl2N2O3S2. The number of thiophene rings is 1. The van der Waals surface area contributed by atoms with Gasteiger partial charge in [-0.3, -0.25) is 4.79 Å². The first kappa shape index (κ1) is 24.7. The number of thioether (sulfide) groups is 1. The number of hydrogen-bond acceptors (Lipinski definition) is 6. The van der Waals surface area contributed by atoms with Crippen molar-refractivity contribution in [2.45, 2.75) is 22.1 Å². The van der Waals surface area contributed by atoms with Crippen LogP contribution in [-0.4, -0.2) is 43.7 Å². The third-order valence-electron chi connectivity index (χ3n) is 6.64. The van der Waals surface area contributed by atoms with E-state index in [-0.39, 0.29) is 5.91 Å². The molecule has 5 rings (SSSR count). The summed E-state index contributed by atoms with van der Waals surface area (Å²) in [6.07, 6.45) is 1.35. The van der Waals surface area contributed by atoms with Crippen LogP contribution in [0.1, 0.15) is 17.5 Å². The molecule has 1 N–H and O–H groups in total. The van der Waals surface area contributed by atoms with Gasteiger partial charge in [0.2, 0.25) is 5.91 Å². The minimum atomic E-state index is -0.933. The molecule has 2 aromatic carbocycles. The van der Waals surface area contributed by atoms with Crippen LogP contribution < -0.4 is 10.2 Å². The topological polar surface area (TPSA) is 58.6 Å². The fourth-order valence-corrected chi connectivity index (χ4v) is 7.20. The second kappa shape index (κ2) is 10.5. The van der Waals surface area contributed by atoms with Crippen molar-refractivity contribution >= 4 is 64.2 Å². The first-order valence-electron chi connectivity index (χ1n) is 11.4. The number of anilines is 1. The lowest BCUT2D eigenvalue weighted by Gasteiger charge is -2.45. The van der Waals surface area contributed by atoms with E-state index in [0.717, 1.165) is 41.1 Å². The predicted octanol–water partition coefficient (Wildman–Crippen LogP) is 5.63. The van der Waals surface area contributed by atoms with Crippen molar-refractivity contribution in [2.24, 2.45) is 5.92 Å². The smallest absolute Gasteiger partial charge is 0.234 e. The molecule has 0 aliphatic carbocycles. The van der Waals surface area contributed by atoms with E-state index < -0.39 is 16.7 Å². The highest BCUT2D eigenvalue weighted by Crippen LogP contribution is 2.46. The zero-order valence-electron chi connectivity index (χ0n) is 18.8. The first-order chi connectivity index (χ1) is 17.0. The summed E-state index contributed by atoms with van der Waals surface area (Å²) >= 11 is 15.4. The highest BCUT2D eigenvalue weighted by atomic mass is 35.5. The Morgan fingerprint density at radius 3 is 2.54 bits per heavy atom. The molecule has 2 saturated heterocycles. The van der Waals surface area contributed by atoms with Crippen molar-refractivity contribution in [2.75, 3.05) is 31.2 Å². The maximum absolute atomic E-state index is 13.5. The number of halogens is 2. The van der Waals surface area contributed by atoms with Gasteiger partial charge >= 0.3 is 0 Å². The van der Waals surface area contributed by atoms with Gasteiger partial charge in [-0.2, -0.15) is 11.3 Å². The van der Waals surface area contributed by atoms with Gasteiger partial charge in [0.25, 0.3) is 0 Å². The summed E-state index contributed by atoms with van der Waals surface area (Å²) in [4.78, 5) is 29.1. The number of aldehydes is 1. The summed E-state index contributed by atoms with van der Waals surface area (Å²) in [6.45, 7) is 3.10. The molecule has 2 aliphatic heterocycles. The van der Waals surface area contributed by atoms with E-state index in [9.17, 15) is 9.59 Å². The van der Waals surface area contributed by atoms with Crippen molar-refractivity contribution in [1.29, 1.82) is 0 Å². The summed E-state index contributed by atoms with van der Waals surface area (Å²) in [7, 11) is 0. The highest BCUT2D eigenvalue weighted by Gasteiger charge is 2.50. The van der Waals surface area contributed by atoms with Crippen LogP contribution in [0.4, 0.5) is 5.69 Å². The fourth-order valence-electron chi connectivity index (χ4n) is 4.85. The van der Waals surface area contributed by atoms with Gasteiger partial charge in [0.1, 0.15) is 11.8 Å². The Kier molecular flexibility index (Phi) is 7.42. The average Bonchev–Trinajstić information content (AvgIpc) is 3.43. The zero-order valence-corrected chi connectivity index (χ0v) is 21.9. The fraction of sp³-hybridized carbons (Fsp3) is 0.308. The zero-order chi connectivity index (χ0) is 24.4. The second-order valence-corrected chi connectivity index (χ2v) is 11.5. The molecule has 3 atom stereocenters. The summed E-state index contributed by atoms with van der Waals surface area (Å²) in [5, 5.41) is 7.85. The van der Waals surface area contributed by atoms with Gasteiger partial charge in [-0.1, -0.05) is 35.3 Å². The van der Waals surface area contributed by atoms with Gasteiger partial charge in [-0.05, 0) is 64.7 Å². The lowest BCUT2D eigenvalue weighted by atomic mass is 9.70. The number of nitrogens with one attached hydrogen (secondary N) is 1. The minimum Gasteiger partial charge on any atom is -0.378 e. The SMILES string of the molecule is O=CC1CC(Sc2cc(Cl)ccc2Cl)C(=O)NC1(c1ccc(N2CCOCC2)cc1)c1ccsc1. The third-order valence-corrected chi connectivity index (χ3v) is 9.28. The first-order valence-corrected chi connectivity index (χ1v) is 13.9. The maximum atomic E-state index is 13.5. The highest BCUT2D eigenvalue weighted by molar-refractivity contribution is 8.00. The Morgan fingerprint density at radius 2 is 1.86 bits per heavy atom. The molecule has 5 nitrogen and oxygen atoms in total. The summed E-state index contributed by atoms with van der Waals surface area (Å²) in [6, 6.07) is 15.4. The molecule has 1 aromatic heterocycles. The molecule has 0 radical (unpaired) electrons. The van der Waals surface area contributed by atoms with Crippen LogP contribution >= 0.6 is 46.3 Å². The van der Waals surface area contributed by atoms with Gasteiger partial charge in [-0.15, -0.1) is 11.8 Å². The van der Waals surface area contributed by atoms with Gasteiger partial charge in [0.15, 0.2) is 0 Å². The molecule has 3 aromatic rings. The van der Waals surface area contributed by atoms with Crippen molar-refractivity contribution in [3.63, 3.8) is 0 Å². The number of rotatable bonds is 6. The van der Waals surface area contributed by atoms with E-state index >= 15 is 0 Å². The van der Waals surface area contributed by atoms with Crippen LogP contribution in [0.5, 0.6) is 0 Å². The van der Waals surface area contributed by atoms with Crippen LogP contribution in [0, 0.1) is 5.92 Å². The van der Waals surface area contributed by atoms with E-state index in [2.05, 4.69) is 22.3 Å². The van der Waals surface area contributed by atoms with Gasteiger partial charge < -0.3 is 19.7 Å². The third kappa shape index (κ3) is 4.85. The normalized spacial score (nSPS) is 24.7. The van der Waals surface area contributed by atoms with Crippen LogP contribution in [0.25, 0.3) is 0 Å². The standard InChI is InChI=1S/C26H24Cl2N2O3S2/c27-20-3-6-22(28)23(14-20)35-24-13-19(15-31)26(29-25(24)32,18-7-12-34-16-18)17-1-4-21(5-2-17)30-8-10-33-11-9-30/h1-7,12,14-16,19,24H,8-11,13H2,(H,29,32). The number of ether oxygens (including phenoxy) is 1. The number of morpholine rings is 1. The number of piperidine rings is 1. The summed E-state index contributed by atoms with van der Waals surface area (Å²) in [5.74, 6) is -0.591. The molecule has 182 valence electrons. The number of hydrogen-bond donors (Lipinski definition) is 1. The van der Waals surface area contributed by atoms with Gasteiger partial charge in [0, 0.05) is 34.6 Å². The Labute approximate surface area is 222 Å². The Hall–Kier alpha value is -2.03. The molecule has 35 heavy (non-hydrogen) atoms. The molecule has 9 heteroatoms. The van der Waals surface area contributed by atoms with E-state index in [1.165, 1.54) is 11.8 Å². The average molecular weight is 548 g/mol. The molecule has 0 bridgehead atoms. The van der Waals surface area contributed by atoms with Crippen LogP contribution in [0.15, 0.2) is 64.2 Å². The molecule has 3 unspecified atom stereocenters. The monoisotopic (exact) mass is 546 g/mol. The van der Waals surface area contributed by atoms with Crippen LogP contribution in [0.2, 0.25) is 10.0 Å². The Balaban J connectivity index is 1.48. The van der Waals surface area contributed by atoms with E-state index in [0.29, 0.717) is 29.7 Å². The van der Waals surface area contributed by atoms with E-state index in [1.54, 1.807) is 29.5 Å². The van der Waals surface area contributed by atoms with Gasteiger partial charge in [-0.25, -0.2) is 0 Å². The Morgan fingerprint density at radius 1 is 1.09 bits per heavy atom. The van der Waals surface area contributed by atoms with E-state index in [4.69, 9.17) is 27.9 Å². The number of benzene rings is 2. The van der Waals surface area contributed by atoms with Crippen LogP contribution in [0.3, 0.4) is 0 Å². The maximum Gasteiger partial charge on any atom is 0.234 e. The molecule has 2 aliphatic rings. The number of carbonyl (C=O) groups is 2. The molecule has 3 heterocycles. The minimum absolute atomic E-state index is 0.132. The quantitative estimate of drug-likeness (QED) is 0.406. The van der Waals surface area contributed by atoms with E-state index in [1.807, 2.05) is 29.0 Å². The van der Waals surface area contributed by atoms with Crippen molar-refractivity contribution in [3.05, 3.63) is 80.5 Å². The lowest BCUT2D eigenvalue weighted by molar-refractivity contribution is -0.127. The summed E-state index contributed by atoms with van der Waals surface area (Å²) < 4.78 is 5.47. The number of amides is 1. The van der Waals surface area contributed by atoms with Crippen LogP contribution in [-0.2, 0) is 19.9 Å². The number of nitrogens with zero attached hydrogens (tertiary/aromatic N) is 1. The van der Waals surface area contributed by atoms with Crippen molar-refractivity contribution < 1.29 is 14.3 Å². The van der Waals surface area contributed by atoms with Crippen molar-refractivity contribution in [1.82, 2.24) is 5.32 Å². The Bertz CT molecular complexity index is 1200. The summed E-state index contributed by atoms with van der Waals surface area (Å²) in [5.41, 5.74) is 1.97. The largest absolute Gasteiger partial charge is 0.378 e. The predicted molar refractivity (Wildman–Crippen MR) is 143 cm³/mol. The number of carbonyl (C=O) groups excluding carboxylic acids is 2. The van der Waals surface area contributed by atoms with Gasteiger partial charge in [0.05, 0.1) is 23.5 Å². The molecule has 0 spiro atoms. The lowest BCUT2D eigenvalue weighted by Crippen LogP contribution is -2.59.